The van der Waals surface area contributed by atoms with Crippen molar-refractivity contribution in [3.05, 3.63) is 41.7 Å². The highest BCUT2D eigenvalue weighted by atomic mass is 16.5. The van der Waals surface area contributed by atoms with Crippen molar-refractivity contribution in [1.29, 1.82) is 0 Å². The number of benzene rings is 1. The molecule has 0 radical (unpaired) electrons. The SMILES string of the molecule is COc1cccc(CN2CC(n3cc(C(=O)NCC4CC4)nn3)C2)c1. The van der Waals surface area contributed by atoms with Gasteiger partial charge in [0.2, 0.25) is 0 Å². The Morgan fingerprint density at radius 1 is 1.36 bits per heavy atom. The molecular formula is C18H23N5O2. The maximum Gasteiger partial charge on any atom is 0.273 e. The Morgan fingerprint density at radius 2 is 2.20 bits per heavy atom. The molecule has 1 amide bonds. The van der Waals surface area contributed by atoms with Gasteiger partial charge in [0.15, 0.2) is 5.69 Å². The van der Waals surface area contributed by atoms with Crippen molar-refractivity contribution >= 4 is 5.91 Å². The van der Waals surface area contributed by atoms with Crippen molar-refractivity contribution < 1.29 is 9.53 Å². The molecule has 25 heavy (non-hydrogen) atoms. The minimum atomic E-state index is -0.120. The van der Waals surface area contributed by atoms with Crippen LogP contribution in [0, 0.1) is 5.92 Å². The molecule has 7 nitrogen and oxygen atoms in total. The third-order valence-electron chi connectivity index (χ3n) is 4.84. The fraction of sp³-hybridized carbons (Fsp3) is 0.500. The van der Waals surface area contributed by atoms with E-state index in [2.05, 4.69) is 32.7 Å². The summed E-state index contributed by atoms with van der Waals surface area (Å²) < 4.78 is 7.08. The largest absolute Gasteiger partial charge is 0.497 e. The van der Waals surface area contributed by atoms with Crippen LogP contribution in [0.2, 0.25) is 0 Å². The van der Waals surface area contributed by atoms with Crippen LogP contribution in [0.1, 0.15) is 34.9 Å². The molecule has 1 aromatic carbocycles. The molecular weight excluding hydrogens is 318 g/mol. The van der Waals surface area contributed by atoms with Crippen LogP contribution in [0.25, 0.3) is 0 Å². The standard InChI is InChI=1S/C18H23N5O2/c1-25-16-4-2-3-14(7-16)9-22-10-15(11-22)23-12-17(20-21-23)18(24)19-8-13-5-6-13/h2-4,7,12-13,15H,5-6,8-11H2,1H3,(H,19,24). The number of hydrogen-bond acceptors (Lipinski definition) is 5. The summed E-state index contributed by atoms with van der Waals surface area (Å²) in [5.74, 6) is 1.43. The van der Waals surface area contributed by atoms with E-state index in [0.717, 1.165) is 31.9 Å². The highest BCUT2D eigenvalue weighted by molar-refractivity contribution is 5.91. The third kappa shape index (κ3) is 3.82. The molecule has 2 aromatic rings. The summed E-state index contributed by atoms with van der Waals surface area (Å²) in [6.07, 6.45) is 4.20. The second kappa shape index (κ2) is 6.84. The number of hydrogen-bond donors (Lipinski definition) is 1. The van der Waals surface area contributed by atoms with Crippen molar-refractivity contribution in [2.45, 2.75) is 25.4 Å². The number of carbonyl (C=O) groups is 1. The first-order valence-electron chi connectivity index (χ1n) is 8.76. The average molecular weight is 341 g/mol. The summed E-state index contributed by atoms with van der Waals surface area (Å²) in [7, 11) is 1.68. The highest BCUT2D eigenvalue weighted by Gasteiger charge is 2.30. The van der Waals surface area contributed by atoms with E-state index in [-0.39, 0.29) is 11.9 Å². The van der Waals surface area contributed by atoms with E-state index >= 15 is 0 Å². The fourth-order valence-corrected chi connectivity index (χ4v) is 3.08. The van der Waals surface area contributed by atoms with Gasteiger partial charge in [-0.05, 0) is 36.5 Å². The summed E-state index contributed by atoms with van der Waals surface area (Å²) in [6, 6.07) is 8.41. The summed E-state index contributed by atoms with van der Waals surface area (Å²) >= 11 is 0. The van der Waals surface area contributed by atoms with Gasteiger partial charge < -0.3 is 10.1 Å². The Bertz CT molecular complexity index is 749. The molecule has 2 fully saturated rings. The number of methoxy groups -OCH3 is 1. The van der Waals surface area contributed by atoms with Crippen molar-refractivity contribution in [2.24, 2.45) is 5.92 Å². The van der Waals surface area contributed by atoms with Crippen LogP contribution in [0.3, 0.4) is 0 Å². The maximum absolute atomic E-state index is 12.0. The molecule has 1 aliphatic heterocycles. The molecule has 2 heterocycles. The molecule has 0 unspecified atom stereocenters. The van der Waals surface area contributed by atoms with E-state index < -0.39 is 0 Å². The second-order valence-corrected chi connectivity index (χ2v) is 6.94. The van der Waals surface area contributed by atoms with Crippen LogP contribution < -0.4 is 10.1 Å². The van der Waals surface area contributed by atoms with Gasteiger partial charge in [-0.1, -0.05) is 17.3 Å². The Morgan fingerprint density at radius 3 is 2.96 bits per heavy atom. The van der Waals surface area contributed by atoms with Crippen molar-refractivity contribution in [3.63, 3.8) is 0 Å². The highest BCUT2D eigenvalue weighted by Crippen LogP contribution is 2.27. The second-order valence-electron chi connectivity index (χ2n) is 6.94. The Balaban J connectivity index is 1.27. The zero-order chi connectivity index (χ0) is 17.2. The number of ether oxygens (including phenoxy) is 1. The molecule has 132 valence electrons. The van der Waals surface area contributed by atoms with E-state index in [0.29, 0.717) is 11.6 Å². The van der Waals surface area contributed by atoms with E-state index in [1.54, 1.807) is 13.3 Å². The molecule has 1 saturated heterocycles. The molecule has 1 aliphatic carbocycles. The minimum Gasteiger partial charge on any atom is -0.497 e. The van der Waals surface area contributed by atoms with Crippen molar-refractivity contribution in [1.82, 2.24) is 25.2 Å². The summed E-state index contributed by atoms with van der Waals surface area (Å²) in [5.41, 5.74) is 1.64. The molecule has 1 aromatic heterocycles. The molecule has 2 aliphatic rings. The Hall–Kier alpha value is -2.41. The lowest BCUT2D eigenvalue weighted by atomic mass is 10.1. The Labute approximate surface area is 147 Å². The predicted molar refractivity (Wildman–Crippen MR) is 92.4 cm³/mol. The van der Waals surface area contributed by atoms with Gasteiger partial charge in [-0.15, -0.1) is 5.10 Å². The topological polar surface area (TPSA) is 72.3 Å². The van der Waals surface area contributed by atoms with Gasteiger partial charge in [-0.25, -0.2) is 4.68 Å². The van der Waals surface area contributed by atoms with Crippen LogP contribution in [-0.2, 0) is 6.54 Å². The lowest BCUT2D eigenvalue weighted by Crippen LogP contribution is -2.47. The van der Waals surface area contributed by atoms with Gasteiger partial charge in [-0.2, -0.15) is 0 Å². The van der Waals surface area contributed by atoms with E-state index in [9.17, 15) is 4.79 Å². The number of carbonyl (C=O) groups excluding carboxylic acids is 1. The predicted octanol–water partition coefficient (Wildman–Crippen LogP) is 1.48. The Kier molecular flexibility index (Phi) is 4.40. The lowest BCUT2D eigenvalue weighted by molar-refractivity contribution is 0.0894. The van der Waals surface area contributed by atoms with Crippen LogP contribution >= 0.6 is 0 Å². The van der Waals surface area contributed by atoms with Crippen LogP contribution in [-0.4, -0.2) is 52.5 Å². The van der Waals surface area contributed by atoms with E-state index in [1.807, 2.05) is 16.8 Å². The quantitative estimate of drug-likeness (QED) is 0.826. The lowest BCUT2D eigenvalue weighted by Gasteiger charge is -2.38. The minimum absolute atomic E-state index is 0.120. The molecule has 1 N–H and O–H groups in total. The molecule has 0 bridgehead atoms. The van der Waals surface area contributed by atoms with E-state index in [1.165, 1.54) is 18.4 Å². The summed E-state index contributed by atoms with van der Waals surface area (Å²) in [6.45, 7) is 3.45. The van der Waals surface area contributed by atoms with Crippen LogP contribution in [0.4, 0.5) is 0 Å². The van der Waals surface area contributed by atoms with Crippen molar-refractivity contribution in [3.8, 4) is 5.75 Å². The summed E-state index contributed by atoms with van der Waals surface area (Å²) in [5, 5.41) is 11.1. The molecule has 1 saturated carbocycles. The van der Waals surface area contributed by atoms with E-state index in [4.69, 9.17) is 4.74 Å². The van der Waals surface area contributed by atoms with Crippen molar-refractivity contribution in [2.75, 3.05) is 26.7 Å². The summed E-state index contributed by atoms with van der Waals surface area (Å²) in [4.78, 5) is 14.4. The number of amides is 1. The first-order chi connectivity index (χ1) is 12.2. The zero-order valence-electron chi connectivity index (χ0n) is 14.4. The number of nitrogens with one attached hydrogen (secondary N) is 1. The number of rotatable bonds is 7. The molecule has 4 rings (SSSR count). The fourth-order valence-electron chi connectivity index (χ4n) is 3.08. The van der Waals surface area contributed by atoms with Gasteiger partial charge >= 0.3 is 0 Å². The average Bonchev–Trinajstić information content (AvgIpc) is 3.31. The van der Waals surface area contributed by atoms with Gasteiger partial charge in [0.05, 0.1) is 19.3 Å². The molecule has 0 atom stereocenters. The van der Waals surface area contributed by atoms with Gasteiger partial charge in [-0.3, -0.25) is 9.69 Å². The molecule has 7 heteroatoms. The number of nitrogens with zero attached hydrogens (tertiary/aromatic N) is 4. The number of aromatic nitrogens is 3. The monoisotopic (exact) mass is 341 g/mol. The van der Waals surface area contributed by atoms with Gasteiger partial charge in [0.25, 0.3) is 5.91 Å². The normalized spacial score (nSPS) is 18.0. The maximum atomic E-state index is 12.0. The smallest absolute Gasteiger partial charge is 0.273 e. The first-order valence-corrected chi connectivity index (χ1v) is 8.76. The van der Waals surface area contributed by atoms with Crippen LogP contribution in [0.15, 0.2) is 30.5 Å². The van der Waals surface area contributed by atoms with Gasteiger partial charge in [0, 0.05) is 26.2 Å². The van der Waals surface area contributed by atoms with Crippen LogP contribution in [0.5, 0.6) is 5.75 Å². The zero-order valence-corrected chi connectivity index (χ0v) is 14.4. The molecule has 0 spiro atoms. The third-order valence-corrected chi connectivity index (χ3v) is 4.84. The first kappa shape index (κ1) is 16.1. The van der Waals surface area contributed by atoms with Gasteiger partial charge in [0.1, 0.15) is 5.75 Å². The number of likely N-dealkylation sites (tertiary alicyclic amines) is 1.